The first-order chi connectivity index (χ1) is 10.6. The first kappa shape index (κ1) is 15.4. The minimum Gasteiger partial charge on any atom is -0.335 e. The fourth-order valence-corrected chi connectivity index (χ4v) is 1.83. The number of nitro groups is 1. The number of nitrogens with zero attached hydrogens (tertiary/aromatic N) is 3. The molecule has 2 rings (SSSR count). The van der Waals surface area contributed by atoms with Crippen LogP contribution in [0.1, 0.15) is 5.69 Å². The van der Waals surface area contributed by atoms with E-state index in [1.807, 2.05) is 12.1 Å². The number of benzene rings is 1. The van der Waals surface area contributed by atoms with E-state index in [0.717, 1.165) is 5.69 Å². The van der Waals surface area contributed by atoms with Crippen molar-refractivity contribution in [3.8, 4) is 0 Å². The molecule has 114 valence electrons. The number of rotatable bonds is 5. The lowest BCUT2D eigenvalue weighted by atomic mass is 10.2. The lowest BCUT2D eigenvalue weighted by Gasteiger charge is -2.15. The molecule has 0 unspecified atom stereocenters. The highest BCUT2D eigenvalue weighted by Gasteiger charge is 2.22. The summed E-state index contributed by atoms with van der Waals surface area (Å²) in [6, 6.07) is 10.0. The molecule has 2 N–H and O–H groups in total. The van der Waals surface area contributed by atoms with Crippen LogP contribution >= 0.6 is 0 Å². The van der Waals surface area contributed by atoms with E-state index in [2.05, 4.69) is 10.3 Å². The maximum absolute atomic E-state index is 11.8. The number of pyridine rings is 1. The maximum atomic E-state index is 11.8. The fourth-order valence-electron chi connectivity index (χ4n) is 1.83. The van der Waals surface area contributed by atoms with Gasteiger partial charge in [0.2, 0.25) is 0 Å². The van der Waals surface area contributed by atoms with Crippen molar-refractivity contribution in [3.63, 3.8) is 0 Å². The molecule has 0 aliphatic rings. The Morgan fingerprint density at radius 3 is 2.68 bits per heavy atom. The predicted molar refractivity (Wildman–Crippen MR) is 78.7 cm³/mol. The van der Waals surface area contributed by atoms with E-state index in [1.165, 1.54) is 24.3 Å². The molecule has 8 heteroatoms. The van der Waals surface area contributed by atoms with Crippen molar-refractivity contribution in [2.75, 3.05) is 11.6 Å². The molecule has 0 fully saturated rings. The summed E-state index contributed by atoms with van der Waals surface area (Å²) in [4.78, 5) is 26.1. The number of urea groups is 1. The quantitative estimate of drug-likeness (QED) is 0.499. The molecule has 0 radical (unpaired) electrons. The van der Waals surface area contributed by atoms with E-state index in [-0.39, 0.29) is 23.0 Å². The number of hydrogen-bond acceptors (Lipinski definition) is 5. The van der Waals surface area contributed by atoms with Gasteiger partial charge < -0.3 is 5.32 Å². The van der Waals surface area contributed by atoms with Gasteiger partial charge in [-0.05, 0) is 18.2 Å². The van der Waals surface area contributed by atoms with Gasteiger partial charge in [0.15, 0.2) is 5.69 Å². The average Bonchev–Trinajstić information content (AvgIpc) is 2.55. The molecule has 0 saturated heterocycles. The van der Waals surface area contributed by atoms with Crippen LogP contribution in [0.15, 0.2) is 48.7 Å². The van der Waals surface area contributed by atoms with Gasteiger partial charge in [0, 0.05) is 30.9 Å². The highest BCUT2D eigenvalue weighted by atomic mass is 16.6. The number of amides is 2. The van der Waals surface area contributed by atoms with Gasteiger partial charge in [-0.1, -0.05) is 18.2 Å². The number of carbonyl (C=O) groups excluding carboxylic acids is 1. The second-order valence-electron chi connectivity index (χ2n) is 4.36. The van der Waals surface area contributed by atoms with Crippen LogP contribution < -0.4 is 10.4 Å². The molecule has 0 spiro atoms. The summed E-state index contributed by atoms with van der Waals surface area (Å²) in [6.07, 6.45) is 2.13. The predicted octanol–water partition coefficient (Wildman–Crippen LogP) is 2.14. The average molecular weight is 302 g/mol. The minimum absolute atomic E-state index is 0.192. The minimum atomic E-state index is -0.842. The van der Waals surface area contributed by atoms with Crippen LogP contribution in [0.3, 0.4) is 0 Å². The smallest absolute Gasteiger partial charge is 0.335 e. The Kier molecular flexibility index (Phi) is 4.99. The first-order valence-electron chi connectivity index (χ1n) is 6.50. The van der Waals surface area contributed by atoms with Crippen molar-refractivity contribution in [1.29, 1.82) is 0 Å². The van der Waals surface area contributed by atoms with Gasteiger partial charge in [0.1, 0.15) is 0 Å². The van der Waals surface area contributed by atoms with Gasteiger partial charge in [-0.2, -0.15) is 5.06 Å². The second kappa shape index (κ2) is 7.14. The van der Waals surface area contributed by atoms with Crippen molar-refractivity contribution in [1.82, 2.24) is 10.3 Å². The third kappa shape index (κ3) is 3.76. The highest BCUT2D eigenvalue weighted by Crippen LogP contribution is 2.26. The fraction of sp³-hybridized carbons (Fsp3) is 0.143. The van der Waals surface area contributed by atoms with Crippen LogP contribution in [0, 0.1) is 10.1 Å². The molecular weight excluding hydrogens is 288 g/mol. The van der Waals surface area contributed by atoms with Gasteiger partial charge in [-0.15, -0.1) is 0 Å². The van der Waals surface area contributed by atoms with E-state index >= 15 is 0 Å². The number of nitro benzene ring substituents is 1. The van der Waals surface area contributed by atoms with Crippen LogP contribution in [0.5, 0.6) is 0 Å². The summed E-state index contributed by atoms with van der Waals surface area (Å²) >= 11 is 0. The van der Waals surface area contributed by atoms with E-state index in [1.54, 1.807) is 12.3 Å². The summed E-state index contributed by atoms with van der Waals surface area (Å²) < 4.78 is 0. The molecule has 0 bridgehead atoms. The normalized spacial score (nSPS) is 10.0. The van der Waals surface area contributed by atoms with E-state index in [9.17, 15) is 20.1 Å². The zero-order valence-electron chi connectivity index (χ0n) is 11.5. The van der Waals surface area contributed by atoms with Crippen molar-refractivity contribution < 1.29 is 14.9 Å². The molecule has 2 amide bonds. The monoisotopic (exact) mass is 302 g/mol. The molecule has 0 aliphatic heterocycles. The summed E-state index contributed by atoms with van der Waals surface area (Å²) in [7, 11) is 0. The largest absolute Gasteiger partial charge is 0.346 e. The number of anilines is 1. The van der Waals surface area contributed by atoms with Crippen molar-refractivity contribution in [3.05, 3.63) is 64.5 Å². The Morgan fingerprint density at radius 2 is 2.00 bits per heavy atom. The summed E-state index contributed by atoms with van der Waals surface area (Å²) in [5, 5.41) is 23.4. The van der Waals surface area contributed by atoms with Gasteiger partial charge in [-0.25, -0.2) is 4.79 Å². The molecule has 0 atom stereocenters. The van der Waals surface area contributed by atoms with Crippen LogP contribution in [0.25, 0.3) is 0 Å². The van der Waals surface area contributed by atoms with Crippen molar-refractivity contribution in [2.24, 2.45) is 0 Å². The molecular formula is C14H14N4O4. The molecule has 0 aliphatic carbocycles. The standard InChI is InChI=1S/C14H14N4O4/c19-14(16-10-8-11-5-3-4-9-15-11)17(20)12-6-1-2-7-13(12)18(21)22/h1-7,9,20H,8,10H2,(H,16,19). The lowest BCUT2D eigenvalue weighted by molar-refractivity contribution is -0.384. The molecule has 0 saturated carbocycles. The van der Waals surface area contributed by atoms with Gasteiger partial charge in [0.25, 0.3) is 5.69 Å². The van der Waals surface area contributed by atoms with Crippen molar-refractivity contribution in [2.45, 2.75) is 6.42 Å². The molecule has 22 heavy (non-hydrogen) atoms. The number of aromatic nitrogens is 1. The SMILES string of the molecule is O=C(NCCc1ccccn1)N(O)c1ccccc1[N+](=O)[O-]. The number of hydroxylamine groups is 1. The number of nitrogens with one attached hydrogen (secondary N) is 1. The topological polar surface area (TPSA) is 109 Å². The van der Waals surface area contributed by atoms with Crippen LogP contribution in [0.4, 0.5) is 16.2 Å². The summed E-state index contributed by atoms with van der Waals surface area (Å²) in [5.74, 6) is 0. The van der Waals surface area contributed by atoms with E-state index in [0.29, 0.717) is 6.42 Å². The zero-order valence-corrected chi connectivity index (χ0v) is 11.5. The van der Waals surface area contributed by atoms with Crippen LogP contribution in [-0.4, -0.2) is 27.7 Å². The molecule has 1 aromatic carbocycles. The molecule has 8 nitrogen and oxygen atoms in total. The van der Waals surface area contributed by atoms with Gasteiger partial charge >= 0.3 is 6.03 Å². The Hall–Kier alpha value is -3.00. The Bertz CT molecular complexity index is 663. The Labute approximate surface area is 126 Å². The third-order valence-electron chi connectivity index (χ3n) is 2.88. The third-order valence-corrected chi connectivity index (χ3v) is 2.88. The van der Waals surface area contributed by atoms with Crippen LogP contribution in [-0.2, 0) is 6.42 Å². The summed E-state index contributed by atoms with van der Waals surface area (Å²) in [6.45, 7) is 0.244. The second-order valence-corrected chi connectivity index (χ2v) is 4.36. The van der Waals surface area contributed by atoms with E-state index < -0.39 is 11.0 Å². The van der Waals surface area contributed by atoms with Gasteiger partial charge in [0.05, 0.1) is 4.92 Å². The molecule has 1 heterocycles. The molecule has 2 aromatic rings. The van der Waals surface area contributed by atoms with E-state index in [4.69, 9.17) is 0 Å². The van der Waals surface area contributed by atoms with Crippen molar-refractivity contribution >= 4 is 17.4 Å². The maximum Gasteiger partial charge on any atom is 0.346 e. The number of carbonyl (C=O) groups is 1. The number of para-hydroxylation sites is 2. The van der Waals surface area contributed by atoms with Crippen LogP contribution in [0.2, 0.25) is 0 Å². The highest BCUT2D eigenvalue weighted by molar-refractivity contribution is 5.91. The number of hydrogen-bond donors (Lipinski definition) is 2. The lowest BCUT2D eigenvalue weighted by Crippen LogP contribution is -2.39. The summed E-state index contributed by atoms with van der Waals surface area (Å²) in [5.41, 5.74) is 0.241. The Balaban J connectivity index is 1.96. The Morgan fingerprint density at radius 1 is 1.27 bits per heavy atom. The first-order valence-corrected chi connectivity index (χ1v) is 6.50. The zero-order chi connectivity index (χ0) is 15.9. The van der Waals surface area contributed by atoms with Gasteiger partial charge in [-0.3, -0.25) is 20.3 Å². The molecule has 1 aromatic heterocycles.